The van der Waals surface area contributed by atoms with E-state index in [-0.39, 0.29) is 0 Å². The predicted molar refractivity (Wildman–Crippen MR) is 76.6 cm³/mol. The van der Waals surface area contributed by atoms with Crippen molar-refractivity contribution in [2.45, 2.75) is 13.5 Å². The summed E-state index contributed by atoms with van der Waals surface area (Å²) in [6, 6.07) is 14.5. The number of rotatable bonds is 3. The van der Waals surface area contributed by atoms with Crippen molar-refractivity contribution >= 4 is 10.9 Å². The van der Waals surface area contributed by atoms with Crippen LogP contribution < -0.4 is 4.74 Å². The minimum absolute atomic E-state index is 0.657. The average molecular weight is 252 g/mol. The zero-order valence-corrected chi connectivity index (χ0v) is 11.1. The van der Waals surface area contributed by atoms with E-state index >= 15 is 0 Å². The Balaban J connectivity index is 1.96. The molecule has 19 heavy (non-hydrogen) atoms. The SMILES string of the molecule is COc1cccc(Cn2ccc3cc(C)ccc32)n1. The molecule has 0 saturated heterocycles. The molecule has 3 aromatic rings. The van der Waals surface area contributed by atoms with Gasteiger partial charge in [-0.25, -0.2) is 4.98 Å². The van der Waals surface area contributed by atoms with Gasteiger partial charge in [0.05, 0.1) is 19.3 Å². The van der Waals surface area contributed by atoms with E-state index in [9.17, 15) is 0 Å². The number of benzene rings is 1. The molecule has 96 valence electrons. The van der Waals surface area contributed by atoms with E-state index in [1.165, 1.54) is 16.5 Å². The fourth-order valence-electron chi connectivity index (χ4n) is 2.29. The first-order valence-corrected chi connectivity index (χ1v) is 6.32. The van der Waals surface area contributed by atoms with Crippen LogP contribution in [0.25, 0.3) is 10.9 Å². The largest absolute Gasteiger partial charge is 0.481 e. The Labute approximate surface area is 112 Å². The van der Waals surface area contributed by atoms with Gasteiger partial charge in [-0.3, -0.25) is 0 Å². The summed E-state index contributed by atoms with van der Waals surface area (Å²) in [6.45, 7) is 2.87. The van der Waals surface area contributed by atoms with Gasteiger partial charge in [-0.15, -0.1) is 0 Å². The topological polar surface area (TPSA) is 27.1 Å². The van der Waals surface area contributed by atoms with Crippen molar-refractivity contribution in [3.05, 3.63) is 59.9 Å². The van der Waals surface area contributed by atoms with E-state index in [4.69, 9.17) is 4.74 Å². The molecule has 0 radical (unpaired) electrons. The predicted octanol–water partition coefficient (Wildman–Crippen LogP) is 3.40. The van der Waals surface area contributed by atoms with E-state index in [2.05, 4.69) is 46.9 Å². The maximum atomic E-state index is 5.16. The first kappa shape index (κ1) is 11.8. The van der Waals surface area contributed by atoms with Gasteiger partial charge in [-0.1, -0.05) is 17.7 Å². The lowest BCUT2D eigenvalue weighted by atomic mass is 10.2. The number of nitrogens with zero attached hydrogens (tertiary/aromatic N) is 2. The molecule has 0 atom stereocenters. The second-order valence-corrected chi connectivity index (χ2v) is 4.68. The normalized spacial score (nSPS) is 10.8. The Hall–Kier alpha value is -2.29. The molecule has 2 aromatic heterocycles. The summed E-state index contributed by atoms with van der Waals surface area (Å²) in [5, 5.41) is 1.27. The lowest BCUT2D eigenvalue weighted by molar-refractivity contribution is 0.396. The van der Waals surface area contributed by atoms with Crippen LogP contribution in [0.2, 0.25) is 0 Å². The van der Waals surface area contributed by atoms with Crippen LogP contribution in [0.1, 0.15) is 11.3 Å². The van der Waals surface area contributed by atoms with Crippen LogP contribution in [-0.2, 0) is 6.54 Å². The second-order valence-electron chi connectivity index (χ2n) is 4.68. The van der Waals surface area contributed by atoms with Crippen molar-refractivity contribution in [3.63, 3.8) is 0 Å². The standard InChI is InChI=1S/C16H16N2O/c1-12-6-7-15-13(10-12)8-9-18(15)11-14-4-3-5-16(17-14)19-2/h3-10H,11H2,1-2H3. The molecule has 0 spiro atoms. The third kappa shape index (κ3) is 2.32. The lowest BCUT2D eigenvalue weighted by Crippen LogP contribution is -2.01. The van der Waals surface area contributed by atoms with E-state index < -0.39 is 0 Å². The first-order chi connectivity index (χ1) is 9.26. The van der Waals surface area contributed by atoms with Crippen LogP contribution >= 0.6 is 0 Å². The number of methoxy groups -OCH3 is 1. The molecular weight excluding hydrogens is 236 g/mol. The highest BCUT2D eigenvalue weighted by molar-refractivity contribution is 5.80. The van der Waals surface area contributed by atoms with Crippen molar-refractivity contribution in [3.8, 4) is 5.88 Å². The fraction of sp³-hybridized carbons (Fsp3) is 0.188. The average Bonchev–Trinajstić information content (AvgIpc) is 2.81. The monoisotopic (exact) mass is 252 g/mol. The van der Waals surface area contributed by atoms with Gasteiger partial charge in [-0.05, 0) is 36.6 Å². The fourth-order valence-corrected chi connectivity index (χ4v) is 2.29. The molecule has 2 heterocycles. The molecule has 1 aromatic carbocycles. The van der Waals surface area contributed by atoms with Gasteiger partial charge in [0.2, 0.25) is 5.88 Å². The minimum Gasteiger partial charge on any atom is -0.481 e. The number of aryl methyl sites for hydroxylation is 1. The molecule has 3 rings (SSSR count). The highest BCUT2D eigenvalue weighted by atomic mass is 16.5. The molecule has 0 aliphatic heterocycles. The number of hydrogen-bond acceptors (Lipinski definition) is 2. The van der Waals surface area contributed by atoms with Gasteiger partial charge >= 0.3 is 0 Å². The summed E-state index contributed by atoms with van der Waals surface area (Å²) in [6.07, 6.45) is 2.10. The van der Waals surface area contributed by atoms with Crippen molar-refractivity contribution < 1.29 is 4.74 Å². The van der Waals surface area contributed by atoms with Crippen molar-refractivity contribution in [1.82, 2.24) is 9.55 Å². The molecule has 0 bridgehead atoms. The second kappa shape index (κ2) is 4.76. The molecular formula is C16H16N2O. The molecule has 0 aliphatic rings. The highest BCUT2D eigenvalue weighted by Crippen LogP contribution is 2.18. The Kier molecular flexibility index (Phi) is 2.95. The molecule has 0 unspecified atom stereocenters. The van der Waals surface area contributed by atoms with Crippen LogP contribution in [0.15, 0.2) is 48.7 Å². The molecule has 0 amide bonds. The molecule has 0 fully saturated rings. The summed E-state index contributed by atoms with van der Waals surface area (Å²) >= 11 is 0. The van der Waals surface area contributed by atoms with Crippen molar-refractivity contribution in [1.29, 1.82) is 0 Å². The summed E-state index contributed by atoms with van der Waals surface area (Å²) in [4.78, 5) is 4.45. The Morgan fingerprint density at radius 3 is 2.89 bits per heavy atom. The maximum absolute atomic E-state index is 5.16. The zero-order valence-electron chi connectivity index (χ0n) is 11.1. The molecule has 3 heteroatoms. The zero-order chi connectivity index (χ0) is 13.2. The van der Waals surface area contributed by atoms with Gasteiger partial charge in [0, 0.05) is 17.8 Å². The van der Waals surface area contributed by atoms with E-state index in [0.717, 1.165) is 12.2 Å². The summed E-state index contributed by atoms with van der Waals surface area (Å²) in [5.41, 5.74) is 3.51. The van der Waals surface area contributed by atoms with Gasteiger partial charge in [-0.2, -0.15) is 0 Å². The van der Waals surface area contributed by atoms with E-state index in [1.807, 2.05) is 18.2 Å². The van der Waals surface area contributed by atoms with Gasteiger partial charge in [0.15, 0.2) is 0 Å². The Morgan fingerprint density at radius 2 is 2.05 bits per heavy atom. The summed E-state index contributed by atoms with van der Waals surface area (Å²) in [5.74, 6) is 0.657. The third-order valence-electron chi connectivity index (χ3n) is 3.25. The molecule has 3 nitrogen and oxygen atoms in total. The molecule has 0 saturated carbocycles. The lowest BCUT2D eigenvalue weighted by Gasteiger charge is -2.06. The summed E-state index contributed by atoms with van der Waals surface area (Å²) in [7, 11) is 1.64. The van der Waals surface area contributed by atoms with E-state index in [1.54, 1.807) is 7.11 Å². The number of aromatic nitrogens is 2. The molecule has 0 N–H and O–H groups in total. The van der Waals surface area contributed by atoms with Crippen LogP contribution in [0.3, 0.4) is 0 Å². The Morgan fingerprint density at radius 1 is 1.16 bits per heavy atom. The van der Waals surface area contributed by atoms with Gasteiger partial charge < -0.3 is 9.30 Å². The van der Waals surface area contributed by atoms with Crippen LogP contribution in [0, 0.1) is 6.92 Å². The van der Waals surface area contributed by atoms with Crippen molar-refractivity contribution in [2.24, 2.45) is 0 Å². The summed E-state index contributed by atoms with van der Waals surface area (Å²) < 4.78 is 7.36. The quantitative estimate of drug-likeness (QED) is 0.714. The minimum atomic E-state index is 0.657. The van der Waals surface area contributed by atoms with Crippen molar-refractivity contribution in [2.75, 3.05) is 7.11 Å². The maximum Gasteiger partial charge on any atom is 0.213 e. The number of ether oxygens (including phenoxy) is 1. The number of hydrogen-bond donors (Lipinski definition) is 0. The van der Waals surface area contributed by atoms with Crippen LogP contribution in [-0.4, -0.2) is 16.7 Å². The first-order valence-electron chi connectivity index (χ1n) is 6.32. The van der Waals surface area contributed by atoms with Crippen LogP contribution in [0.5, 0.6) is 5.88 Å². The highest BCUT2D eigenvalue weighted by Gasteiger charge is 2.03. The number of pyridine rings is 1. The van der Waals surface area contributed by atoms with E-state index in [0.29, 0.717) is 5.88 Å². The smallest absolute Gasteiger partial charge is 0.213 e. The molecule has 0 aliphatic carbocycles. The van der Waals surface area contributed by atoms with Crippen LogP contribution in [0.4, 0.5) is 0 Å². The Bertz CT molecular complexity index is 716. The number of fused-ring (bicyclic) bond motifs is 1. The van der Waals surface area contributed by atoms with Gasteiger partial charge in [0.25, 0.3) is 0 Å². The third-order valence-corrected chi connectivity index (χ3v) is 3.25. The van der Waals surface area contributed by atoms with Gasteiger partial charge in [0.1, 0.15) is 0 Å².